The molecule has 1 aromatic rings. The van der Waals surface area contributed by atoms with Crippen LogP contribution in [-0.4, -0.2) is 34.4 Å². The van der Waals surface area contributed by atoms with Crippen molar-refractivity contribution in [1.29, 1.82) is 0 Å². The van der Waals surface area contributed by atoms with Crippen molar-refractivity contribution in [2.45, 2.75) is 32.9 Å². The Balaban J connectivity index is 1.99. The first kappa shape index (κ1) is 18.8. The average Bonchev–Trinajstić information content (AvgIpc) is 3.04. The van der Waals surface area contributed by atoms with E-state index in [2.05, 4.69) is 5.32 Å². The van der Waals surface area contributed by atoms with Gasteiger partial charge in [0.2, 0.25) is 5.91 Å². The lowest BCUT2D eigenvalue weighted by Crippen LogP contribution is -2.47. The van der Waals surface area contributed by atoms with Crippen LogP contribution in [-0.2, 0) is 16.1 Å². The smallest absolute Gasteiger partial charge is 0.250 e. The summed E-state index contributed by atoms with van der Waals surface area (Å²) in [4.78, 5) is 26.4. The Morgan fingerprint density at radius 3 is 2.92 bits per heavy atom. The Labute approximate surface area is 150 Å². The predicted octanol–water partition coefficient (Wildman–Crippen LogP) is 3.35. The second-order valence-electron chi connectivity index (χ2n) is 5.55. The van der Waals surface area contributed by atoms with E-state index in [4.69, 9.17) is 11.6 Å². The molecule has 7 heteroatoms. The van der Waals surface area contributed by atoms with Gasteiger partial charge >= 0.3 is 0 Å². The third-order valence-electron chi connectivity index (χ3n) is 3.74. The third-order valence-corrected chi connectivity index (χ3v) is 5.05. The van der Waals surface area contributed by atoms with E-state index in [1.165, 1.54) is 12.1 Å². The van der Waals surface area contributed by atoms with Crippen LogP contribution in [0.2, 0.25) is 5.02 Å². The standard InChI is InChI=1S/C17H20ClFN2O2S/c1-3-4-11(2)17(23)21-10-24-9-15(21)16(22)20-8-12-5-6-14(19)13(18)7-12/h4-7,15H,3,8-10H2,1-2H3,(H,20,22). The van der Waals surface area contributed by atoms with Gasteiger partial charge in [0.1, 0.15) is 11.9 Å². The van der Waals surface area contributed by atoms with E-state index in [0.717, 1.165) is 6.42 Å². The molecule has 1 aromatic carbocycles. The molecule has 0 spiro atoms. The van der Waals surface area contributed by atoms with Crippen LogP contribution in [0.25, 0.3) is 0 Å². The molecule has 1 unspecified atom stereocenters. The van der Waals surface area contributed by atoms with Gasteiger partial charge in [-0.1, -0.05) is 30.7 Å². The van der Waals surface area contributed by atoms with Crippen molar-refractivity contribution in [3.63, 3.8) is 0 Å². The number of amides is 2. The fourth-order valence-electron chi connectivity index (χ4n) is 2.44. The Morgan fingerprint density at radius 1 is 1.50 bits per heavy atom. The minimum atomic E-state index is -0.492. The van der Waals surface area contributed by atoms with Crippen LogP contribution >= 0.6 is 23.4 Å². The van der Waals surface area contributed by atoms with Crippen molar-refractivity contribution in [3.8, 4) is 0 Å². The van der Waals surface area contributed by atoms with E-state index in [1.807, 2.05) is 13.0 Å². The highest BCUT2D eigenvalue weighted by Gasteiger charge is 2.34. The molecule has 0 aromatic heterocycles. The van der Waals surface area contributed by atoms with Gasteiger partial charge in [0.15, 0.2) is 0 Å². The zero-order valence-corrected chi connectivity index (χ0v) is 15.2. The molecule has 1 saturated heterocycles. The number of rotatable bonds is 5. The quantitative estimate of drug-likeness (QED) is 0.808. The summed E-state index contributed by atoms with van der Waals surface area (Å²) >= 11 is 7.29. The molecule has 1 fully saturated rings. The second kappa shape index (κ2) is 8.53. The molecule has 0 aliphatic carbocycles. The summed E-state index contributed by atoms with van der Waals surface area (Å²) in [6, 6.07) is 3.84. The van der Waals surface area contributed by atoms with Crippen molar-refractivity contribution < 1.29 is 14.0 Å². The lowest BCUT2D eigenvalue weighted by molar-refractivity contribution is -0.135. The van der Waals surface area contributed by atoms with Gasteiger partial charge in [-0.3, -0.25) is 9.59 Å². The first-order chi connectivity index (χ1) is 11.4. The molecule has 2 amide bonds. The fourth-order valence-corrected chi connectivity index (χ4v) is 3.79. The highest BCUT2D eigenvalue weighted by atomic mass is 35.5. The number of halogens is 2. The zero-order valence-electron chi connectivity index (χ0n) is 13.6. The monoisotopic (exact) mass is 370 g/mol. The normalized spacial score (nSPS) is 17.9. The maximum Gasteiger partial charge on any atom is 0.250 e. The summed E-state index contributed by atoms with van der Waals surface area (Å²) in [5, 5.41) is 2.82. The summed E-state index contributed by atoms with van der Waals surface area (Å²) in [6.07, 6.45) is 2.64. The molecule has 4 nitrogen and oxygen atoms in total. The highest BCUT2D eigenvalue weighted by Crippen LogP contribution is 2.23. The van der Waals surface area contributed by atoms with Crippen LogP contribution in [0, 0.1) is 5.82 Å². The van der Waals surface area contributed by atoms with Crippen molar-refractivity contribution in [1.82, 2.24) is 10.2 Å². The van der Waals surface area contributed by atoms with Crippen molar-refractivity contribution in [3.05, 3.63) is 46.3 Å². The molecular formula is C17H20ClFN2O2S. The number of carbonyl (C=O) groups is 2. The van der Waals surface area contributed by atoms with Crippen molar-refractivity contribution in [2.24, 2.45) is 0 Å². The van der Waals surface area contributed by atoms with E-state index in [-0.39, 0.29) is 23.4 Å². The summed E-state index contributed by atoms with van der Waals surface area (Å²) in [7, 11) is 0. The van der Waals surface area contributed by atoms with Gasteiger partial charge < -0.3 is 10.2 Å². The molecule has 2 rings (SSSR count). The van der Waals surface area contributed by atoms with Crippen LogP contribution in [0.1, 0.15) is 25.8 Å². The average molecular weight is 371 g/mol. The summed E-state index contributed by atoms with van der Waals surface area (Å²) < 4.78 is 13.2. The minimum absolute atomic E-state index is 0.0234. The molecule has 1 aliphatic rings. The van der Waals surface area contributed by atoms with E-state index in [0.29, 0.717) is 22.8 Å². The first-order valence-corrected chi connectivity index (χ1v) is 9.24. The number of hydrogen-bond donors (Lipinski definition) is 1. The third kappa shape index (κ3) is 4.51. The van der Waals surface area contributed by atoms with Crippen LogP contribution in [0.3, 0.4) is 0 Å². The van der Waals surface area contributed by atoms with E-state index >= 15 is 0 Å². The topological polar surface area (TPSA) is 49.4 Å². The molecule has 24 heavy (non-hydrogen) atoms. The lowest BCUT2D eigenvalue weighted by atomic mass is 10.1. The molecule has 0 saturated carbocycles. The summed E-state index contributed by atoms with van der Waals surface area (Å²) in [5.74, 6) is 0.272. The SMILES string of the molecule is CCC=C(C)C(=O)N1CSCC1C(=O)NCc1ccc(F)c(Cl)c1. The van der Waals surface area contributed by atoms with Crippen LogP contribution in [0.4, 0.5) is 4.39 Å². The zero-order chi connectivity index (χ0) is 17.7. The number of hydrogen-bond acceptors (Lipinski definition) is 3. The van der Waals surface area contributed by atoms with Gasteiger partial charge in [0, 0.05) is 17.9 Å². The van der Waals surface area contributed by atoms with Gasteiger partial charge in [-0.2, -0.15) is 0 Å². The molecular weight excluding hydrogens is 351 g/mol. The van der Waals surface area contributed by atoms with Gasteiger partial charge in [-0.05, 0) is 31.0 Å². The fraction of sp³-hybridized carbons (Fsp3) is 0.412. The summed E-state index contributed by atoms with van der Waals surface area (Å²) in [5.41, 5.74) is 1.36. The van der Waals surface area contributed by atoms with Gasteiger partial charge in [0.25, 0.3) is 5.91 Å². The molecule has 0 bridgehead atoms. The number of allylic oxidation sites excluding steroid dienone is 1. The van der Waals surface area contributed by atoms with Crippen LogP contribution in [0.15, 0.2) is 29.8 Å². The van der Waals surface area contributed by atoms with E-state index < -0.39 is 11.9 Å². The summed E-state index contributed by atoms with van der Waals surface area (Å²) in [6.45, 7) is 3.98. The molecule has 0 radical (unpaired) electrons. The Bertz CT molecular complexity index is 666. The van der Waals surface area contributed by atoms with Crippen molar-refractivity contribution >= 4 is 35.2 Å². The maximum atomic E-state index is 13.2. The number of benzene rings is 1. The second-order valence-corrected chi connectivity index (χ2v) is 6.96. The molecule has 1 atom stereocenters. The Hall–Kier alpha value is -1.53. The molecule has 1 N–H and O–H groups in total. The van der Waals surface area contributed by atoms with E-state index in [1.54, 1.807) is 29.7 Å². The maximum absolute atomic E-state index is 13.2. The number of thioether (sulfide) groups is 1. The minimum Gasteiger partial charge on any atom is -0.350 e. The van der Waals surface area contributed by atoms with Crippen LogP contribution in [0.5, 0.6) is 0 Å². The number of nitrogens with zero attached hydrogens (tertiary/aromatic N) is 1. The van der Waals surface area contributed by atoms with Crippen molar-refractivity contribution in [2.75, 3.05) is 11.6 Å². The van der Waals surface area contributed by atoms with Crippen LogP contribution < -0.4 is 5.32 Å². The Kier molecular flexibility index (Phi) is 6.69. The van der Waals surface area contributed by atoms with E-state index in [9.17, 15) is 14.0 Å². The molecule has 1 aliphatic heterocycles. The first-order valence-electron chi connectivity index (χ1n) is 7.71. The lowest BCUT2D eigenvalue weighted by Gasteiger charge is -2.23. The number of nitrogens with one attached hydrogen (secondary N) is 1. The van der Waals surface area contributed by atoms with Gasteiger partial charge in [0.05, 0.1) is 10.9 Å². The predicted molar refractivity (Wildman–Crippen MR) is 95.3 cm³/mol. The highest BCUT2D eigenvalue weighted by molar-refractivity contribution is 7.99. The Morgan fingerprint density at radius 2 is 2.25 bits per heavy atom. The largest absolute Gasteiger partial charge is 0.350 e. The van der Waals surface area contributed by atoms with Gasteiger partial charge in [-0.25, -0.2) is 4.39 Å². The van der Waals surface area contributed by atoms with Gasteiger partial charge in [-0.15, -0.1) is 11.8 Å². The number of carbonyl (C=O) groups excluding carboxylic acids is 2. The molecule has 130 valence electrons. The molecule has 1 heterocycles.